The molecule has 0 saturated carbocycles. The highest BCUT2D eigenvalue weighted by Gasteiger charge is 2.13. The summed E-state index contributed by atoms with van der Waals surface area (Å²) in [4.78, 5) is 4.47. The largest absolute Gasteiger partial charge is 0.244 e. The molecule has 3 nitrogen and oxygen atoms in total. The van der Waals surface area contributed by atoms with Gasteiger partial charge in [0.15, 0.2) is 0 Å². The number of hydrogen-bond acceptors (Lipinski definition) is 2. The molecule has 2 rings (SSSR count). The molecular formula is C10H12Br2N3P. The summed E-state index contributed by atoms with van der Waals surface area (Å²) in [5.41, 5.74) is 3.63. The molecule has 1 unspecified atom stereocenters. The van der Waals surface area contributed by atoms with Crippen LogP contribution in [-0.2, 0) is 0 Å². The van der Waals surface area contributed by atoms with E-state index < -0.39 is 0 Å². The van der Waals surface area contributed by atoms with E-state index in [0.29, 0.717) is 14.4 Å². The maximum atomic E-state index is 4.55. The Balaban J connectivity index is 2.68. The molecule has 0 bridgehead atoms. The lowest BCUT2D eigenvalue weighted by Crippen LogP contribution is -1.94. The van der Waals surface area contributed by atoms with Crippen molar-refractivity contribution in [2.24, 2.45) is 0 Å². The molecule has 0 spiro atoms. The molecule has 1 atom stereocenters. The first-order chi connectivity index (χ1) is 7.49. The van der Waals surface area contributed by atoms with Gasteiger partial charge in [-0.05, 0) is 50.5 Å². The zero-order chi connectivity index (χ0) is 11.9. The third kappa shape index (κ3) is 2.31. The fraction of sp³-hybridized carbons (Fsp3) is 0.400. The molecule has 0 amide bonds. The minimum absolute atomic E-state index is 0.595. The summed E-state index contributed by atoms with van der Waals surface area (Å²) in [5.74, 6) is 0. The summed E-state index contributed by atoms with van der Waals surface area (Å²) in [5, 5.41) is 4.55. The van der Waals surface area contributed by atoms with Gasteiger partial charge in [0.25, 0.3) is 0 Å². The molecule has 0 saturated heterocycles. The van der Waals surface area contributed by atoms with Crippen LogP contribution in [0.3, 0.4) is 0 Å². The van der Waals surface area contributed by atoms with Crippen molar-refractivity contribution in [3.8, 4) is 0 Å². The van der Waals surface area contributed by atoms with Crippen molar-refractivity contribution in [2.45, 2.75) is 26.4 Å². The van der Waals surface area contributed by atoms with Gasteiger partial charge in [0.2, 0.25) is 0 Å². The van der Waals surface area contributed by atoms with Crippen LogP contribution in [-0.4, -0.2) is 20.2 Å². The monoisotopic (exact) mass is 363 g/mol. The van der Waals surface area contributed by atoms with Gasteiger partial charge in [0, 0.05) is 13.2 Å². The number of halogens is 2. The maximum absolute atomic E-state index is 4.55. The van der Waals surface area contributed by atoms with Crippen LogP contribution in [0.15, 0.2) is 15.1 Å². The Morgan fingerprint density at radius 3 is 2.69 bits per heavy atom. The predicted molar refractivity (Wildman–Crippen MR) is 76.5 cm³/mol. The number of fused-ring (bicyclic) bond motifs is 1. The first-order valence-electron chi connectivity index (χ1n) is 4.97. The summed E-state index contributed by atoms with van der Waals surface area (Å²) in [7, 11) is 0.649. The van der Waals surface area contributed by atoms with Crippen LogP contribution in [0.1, 0.15) is 19.5 Å². The van der Waals surface area contributed by atoms with E-state index in [2.05, 4.69) is 60.2 Å². The van der Waals surface area contributed by atoms with Gasteiger partial charge >= 0.3 is 0 Å². The van der Waals surface area contributed by atoms with E-state index in [1.165, 1.54) is 0 Å². The predicted octanol–water partition coefficient (Wildman–Crippen LogP) is 4.11. The first kappa shape index (κ1) is 12.5. The third-order valence-electron chi connectivity index (χ3n) is 2.10. The number of rotatable bonds is 2. The Labute approximate surface area is 113 Å². The molecule has 0 aliphatic heterocycles. The molecule has 0 N–H and O–H groups in total. The van der Waals surface area contributed by atoms with E-state index in [-0.39, 0.29) is 0 Å². The molecule has 2 aromatic heterocycles. The maximum Gasteiger partial charge on any atom is 0.114 e. The van der Waals surface area contributed by atoms with Crippen LogP contribution < -0.4 is 0 Å². The molecule has 0 aromatic carbocycles. The lowest BCUT2D eigenvalue weighted by molar-refractivity contribution is 0.963. The highest BCUT2D eigenvalue weighted by atomic mass is 79.9. The molecular weight excluding hydrogens is 353 g/mol. The zero-order valence-electron chi connectivity index (χ0n) is 9.25. The van der Waals surface area contributed by atoms with E-state index in [1.54, 1.807) is 0 Å². The molecule has 0 radical (unpaired) electrons. The van der Waals surface area contributed by atoms with Gasteiger partial charge in [0.05, 0.1) is 5.69 Å². The van der Waals surface area contributed by atoms with E-state index in [0.717, 1.165) is 25.8 Å². The highest BCUT2D eigenvalue weighted by molar-refractivity contribution is 9.11. The lowest BCUT2D eigenvalue weighted by Gasteiger charge is -2.07. The van der Waals surface area contributed by atoms with Crippen LogP contribution in [0.4, 0.5) is 0 Å². The zero-order valence-corrected chi connectivity index (χ0v) is 13.4. The Hall–Kier alpha value is 0.01000. The molecule has 0 aliphatic carbocycles. The quantitative estimate of drug-likeness (QED) is 0.593. The smallest absolute Gasteiger partial charge is 0.114 e. The molecule has 0 aliphatic rings. The van der Waals surface area contributed by atoms with E-state index in [4.69, 9.17) is 0 Å². The van der Waals surface area contributed by atoms with Gasteiger partial charge in [-0.15, -0.1) is 0 Å². The second kappa shape index (κ2) is 4.71. The number of aromatic nitrogens is 3. The van der Waals surface area contributed by atoms with E-state index >= 15 is 0 Å². The Morgan fingerprint density at radius 1 is 1.38 bits per heavy atom. The molecule has 2 heterocycles. The first-order valence-corrected chi connectivity index (χ1v) is 7.58. The highest BCUT2D eigenvalue weighted by Crippen LogP contribution is 2.33. The Morgan fingerprint density at radius 2 is 2.06 bits per heavy atom. The van der Waals surface area contributed by atoms with Crippen LogP contribution in [0.2, 0.25) is 0 Å². The number of hydrogen-bond donors (Lipinski definition) is 0. The van der Waals surface area contributed by atoms with Crippen molar-refractivity contribution in [3.05, 3.63) is 20.8 Å². The van der Waals surface area contributed by atoms with Gasteiger partial charge in [0.1, 0.15) is 15.6 Å². The molecule has 86 valence electrons. The summed E-state index contributed by atoms with van der Waals surface area (Å²) in [6.07, 6.45) is 0. The molecule has 0 fully saturated rings. The molecule has 16 heavy (non-hydrogen) atoms. The van der Waals surface area contributed by atoms with Gasteiger partial charge < -0.3 is 0 Å². The van der Waals surface area contributed by atoms with Crippen molar-refractivity contribution in [1.29, 1.82) is 0 Å². The summed E-state index contributed by atoms with van der Waals surface area (Å²) in [6, 6.07) is 1.96. The van der Waals surface area contributed by atoms with Crippen molar-refractivity contribution in [2.75, 3.05) is 0 Å². The topological polar surface area (TPSA) is 30.7 Å². The van der Waals surface area contributed by atoms with Gasteiger partial charge in [-0.25, -0.2) is 9.44 Å². The van der Waals surface area contributed by atoms with Crippen molar-refractivity contribution in [3.63, 3.8) is 0 Å². The SMILES string of the molecule is Cc1nn(PC(C)C)c2c(Br)cc(Br)nc12. The van der Waals surface area contributed by atoms with Crippen LogP contribution in [0, 0.1) is 6.92 Å². The molecule has 2 aromatic rings. The lowest BCUT2D eigenvalue weighted by atomic mass is 10.3. The van der Waals surface area contributed by atoms with Crippen molar-refractivity contribution >= 4 is 51.6 Å². The fourth-order valence-corrected chi connectivity index (χ4v) is 4.02. The number of pyridine rings is 1. The summed E-state index contributed by atoms with van der Waals surface area (Å²) in [6.45, 7) is 6.39. The summed E-state index contributed by atoms with van der Waals surface area (Å²) >= 11 is 6.98. The average Bonchev–Trinajstić information content (AvgIpc) is 2.42. The van der Waals surface area contributed by atoms with Crippen LogP contribution in [0.25, 0.3) is 11.0 Å². The number of aryl methyl sites for hydroxylation is 1. The van der Waals surface area contributed by atoms with Gasteiger partial charge in [-0.1, -0.05) is 13.8 Å². The summed E-state index contributed by atoms with van der Waals surface area (Å²) < 4.78 is 3.93. The fourth-order valence-electron chi connectivity index (χ4n) is 1.52. The Bertz CT molecular complexity index is 536. The molecule has 6 heteroatoms. The second-order valence-corrected chi connectivity index (χ2v) is 7.41. The van der Waals surface area contributed by atoms with Crippen LogP contribution in [0.5, 0.6) is 0 Å². The normalized spacial score (nSPS) is 12.4. The minimum atomic E-state index is 0.595. The van der Waals surface area contributed by atoms with E-state index in [9.17, 15) is 0 Å². The van der Waals surface area contributed by atoms with Gasteiger partial charge in [-0.3, -0.25) is 0 Å². The van der Waals surface area contributed by atoms with Crippen molar-refractivity contribution < 1.29 is 0 Å². The average molecular weight is 365 g/mol. The second-order valence-electron chi connectivity index (χ2n) is 3.91. The standard InChI is InChI=1S/C10H12Br2N3P/c1-5(2)16-15-10-7(11)4-8(12)13-9(10)6(3)14-15/h4-5,16H,1-3H3. The van der Waals surface area contributed by atoms with Gasteiger partial charge in [-0.2, -0.15) is 5.10 Å². The van der Waals surface area contributed by atoms with E-state index in [1.807, 2.05) is 13.0 Å². The van der Waals surface area contributed by atoms with Crippen molar-refractivity contribution in [1.82, 2.24) is 14.5 Å². The third-order valence-corrected chi connectivity index (χ3v) is 4.20. The number of nitrogens with zero attached hydrogens (tertiary/aromatic N) is 3. The Kier molecular flexibility index (Phi) is 3.67. The van der Waals surface area contributed by atoms with Crippen LogP contribution >= 0.6 is 40.6 Å². The minimum Gasteiger partial charge on any atom is -0.244 e.